The number of carbonyl (C=O) groups is 2. The van der Waals surface area contributed by atoms with Crippen LogP contribution in [-0.2, 0) is 16.0 Å². The Morgan fingerprint density at radius 1 is 1.53 bits per heavy atom. The van der Waals surface area contributed by atoms with E-state index < -0.39 is 0 Å². The van der Waals surface area contributed by atoms with Crippen molar-refractivity contribution >= 4 is 60.9 Å². The van der Waals surface area contributed by atoms with Gasteiger partial charge in [-0.1, -0.05) is 0 Å². The number of ether oxygens (including phenoxy) is 1. The average Bonchev–Trinajstić information content (AvgIpc) is 2.79. The third-order valence-corrected chi connectivity index (χ3v) is 5.37. The van der Waals surface area contributed by atoms with Crippen molar-refractivity contribution in [3.63, 3.8) is 0 Å². The van der Waals surface area contributed by atoms with E-state index in [-0.39, 0.29) is 5.97 Å². The molecular weight excluding hydrogens is 324 g/mol. The standard InChI is InChI=1S/C11H9BrO3S2/c1-6(14)15-3-2-7-4-8-10(16-7)9(5-13)17-11(8)12/h4-5H,2-3H2,1H3. The highest BCUT2D eigenvalue weighted by Crippen LogP contribution is 2.40. The number of fused-ring (bicyclic) bond motifs is 1. The third kappa shape index (κ3) is 2.75. The molecule has 2 aromatic heterocycles. The van der Waals surface area contributed by atoms with Crippen LogP contribution in [-0.4, -0.2) is 18.9 Å². The Kier molecular flexibility index (Phi) is 3.96. The molecule has 0 saturated heterocycles. The fourth-order valence-corrected chi connectivity index (χ4v) is 4.51. The number of thiophene rings is 2. The maximum atomic E-state index is 10.9. The van der Waals surface area contributed by atoms with Gasteiger partial charge in [-0.25, -0.2) is 0 Å². The van der Waals surface area contributed by atoms with Crippen molar-refractivity contribution in [3.8, 4) is 0 Å². The van der Waals surface area contributed by atoms with Crippen molar-refractivity contribution in [1.82, 2.24) is 0 Å². The van der Waals surface area contributed by atoms with Gasteiger partial charge in [0.1, 0.15) is 0 Å². The highest BCUT2D eigenvalue weighted by Gasteiger charge is 2.13. The monoisotopic (exact) mass is 332 g/mol. The quantitative estimate of drug-likeness (QED) is 0.634. The largest absolute Gasteiger partial charge is 0.465 e. The van der Waals surface area contributed by atoms with Crippen LogP contribution in [0.5, 0.6) is 0 Å². The van der Waals surface area contributed by atoms with Gasteiger partial charge < -0.3 is 4.74 Å². The van der Waals surface area contributed by atoms with Crippen LogP contribution >= 0.6 is 38.6 Å². The molecule has 0 radical (unpaired) electrons. The lowest BCUT2D eigenvalue weighted by Crippen LogP contribution is -2.02. The lowest BCUT2D eigenvalue weighted by Gasteiger charge is -1.98. The van der Waals surface area contributed by atoms with Gasteiger partial charge in [-0.15, -0.1) is 22.7 Å². The van der Waals surface area contributed by atoms with Crippen LogP contribution in [0.15, 0.2) is 9.85 Å². The summed E-state index contributed by atoms with van der Waals surface area (Å²) in [7, 11) is 0. The molecule has 2 heterocycles. The highest BCUT2D eigenvalue weighted by atomic mass is 79.9. The number of carbonyl (C=O) groups excluding carboxylic acids is 2. The molecular formula is C11H9BrO3S2. The van der Waals surface area contributed by atoms with Gasteiger partial charge in [0.05, 0.1) is 20.0 Å². The van der Waals surface area contributed by atoms with Crippen LogP contribution < -0.4 is 0 Å². The van der Waals surface area contributed by atoms with Crippen LogP contribution in [0, 0.1) is 0 Å². The van der Waals surface area contributed by atoms with Gasteiger partial charge in [0.15, 0.2) is 6.29 Å². The average molecular weight is 333 g/mol. The van der Waals surface area contributed by atoms with Crippen molar-refractivity contribution in [2.75, 3.05) is 6.61 Å². The molecule has 0 unspecified atom stereocenters. The molecule has 3 nitrogen and oxygen atoms in total. The SMILES string of the molecule is CC(=O)OCCc1cc2c(Br)sc(C=O)c2s1. The van der Waals surface area contributed by atoms with Gasteiger partial charge in [-0.05, 0) is 22.0 Å². The maximum absolute atomic E-state index is 10.9. The summed E-state index contributed by atoms with van der Waals surface area (Å²) >= 11 is 6.47. The molecule has 0 fully saturated rings. The molecule has 17 heavy (non-hydrogen) atoms. The second kappa shape index (κ2) is 5.29. The Balaban J connectivity index is 2.20. The zero-order valence-electron chi connectivity index (χ0n) is 8.99. The fourth-order valence-electron chi connectivity index (χ4n) is 1.47. The molecule has 0 atom stereocenters. The molecule has 2 aromatic rings. The summed E-state index contributed by atoms with van der Waals surface area (Å²) in [5.41, 5.74) is 0. The van der Waals surface area contributed by atoms with Gasteiger partial charge in [-0.3, -0.25) is 9.59 Å². The van der Waals surface area contributed by atoms with Crippen molar-refractivity contribution in [2.45, 2.75) is 13.3 Å². The van der Waals surface area contributed by atoms with Crippen LogP contribution in [0.25, 0.3) is 10.1 Å². The summed E-state index contributed by atoms with van der Waals surface area (Å²) < 4.78 is 6.88. The maximum Gasteiger partial charge on any atom is 0.302 e. The number of hydrogen-bond acceptors (Lipinski definition) is 5. The second-order valence-electron chi connectivity index (χ2n) is 3.40. The van der Waals surface area contributed by atoms with E-state index in [1.165, 1.54) is 18.3 Å². The van der Waals surface area contributed by atoms with E-state index in [1.54, 1.807) is 11.3 Å². The number of rotatable bonds is 4. The first kappa shape index (κ1) is 12.7. The molecule has 0 aliphatic carbocycles. The van der Waals surface area contributed by atoms with Gasteiger partial charge in [0.2, 0.25) is 0 Å². The van der Waals surface area contributed by atoms with Crippen molar-refractivity contribution < 1.29 is 14.3 Å². The van der Waals surface area contributed by atoms with Crippen LogP contribution in [0.4, 0.5) is 0 Å². The molecule has 0 N–H and O–H groups in total. The first-order valence-electron chi connectivity index (χ1n) is 4.91. The Labute approximate surface area is 115 Å². The summed E-state index contributed by atoms with van der Waals surface area (Å²) in [4.78, 5) is 23.4. The molecule has 0 aromatic carbocycles. The minimum atomic E-state index is -0.266. The first-order valence-corrected chi connectivity index (χ1v) is 7.33. The number of halogens is 1. The molecule has 0 saturated carbocycles. The van der Waals surface area contributed by atoms with E-state index in [0.717, 1.165) is 29.9 Å². The minimum Gasteiger partial charge on any atom is -0.465 e. The normalized spacial score (nSPS) is 10.7. The first-order chi connectivity index (χ1) is 8.11. The summed E-state index contributed by atoms with van der Waals surface area (Å²) in [6, 6.07) is 2.04. The van der Waals surface area contributed by atoms with E-state index in [9.17, 15) is 9.59 Å². The summed E-state index contributed by atoms with van der Waals surface area (Å²) in [6.07, 6.45) is 1.57. The zero-order valence-corrected chi connectivity index (χ0v) is 12.2. The van der Waals surface area contributed by atoms with Gasteiger partial charge >= 0.3 is 5.97 Å². The summed E-state index contributed by atoms with van der Waals surface area (Å²) in [5, 5.41) is 1.07. The zero-order chi connectivity index (χ0) is 12.4. The summed E-state index contributed by atoms with van der Waals surface area (Å²) in [6.45, 7) is 1.78. The third-order valence-electron chi connectivity index (χ3n) is 2.18. The van der Waals surface area contributed by atoms with Gasteiger partial charge in [0, 0.05) is 23.6 Å². The van der Waals surface area contributed by atoms with E-state index in [1.807, 2.05) is 6.07 Å². The smallest absolute Gasteiger partial charge is 0.302 e. The van der Waals surface area contributed by atoms with Gasteiger partial charge in [0.25, 0.3) is 0 Å². The minimum absolute atomic E-state index is 0.266. The number of aldehydes is 1. The molecule has 0 bridgehead atoms. The van der Waals surface area contributed by atoms with E-state index in [0.29, 0.717) is 13.0 Å². The topological polar surface area (TPSA) is 43.4 Å². The van der Waals surface area contributed by atoms with E-state index in [2.05, 4.69) is 15.9 Å². The Bertz CT molecular complexity index is 571. The lowest BCUT2D eigenvalue weighted by atomic mass is 10.3. The Morgan fingerprint density at radius 3 is 2.94 bits per heavy atom. The van der Waals surface area contributed by atoms with Crippen LogP contribution in [0.1, 0.15) is 21.5 Å². The van der Waals surface area contributed by atoms with Crippen molar-refractivity contribution in [1.29, 1.82) is 0 Å². The fraction of sp³-hybridized carbons (Fsp3) is 0.273. The molecule has 0 aliphatic rings. The Hall–Kier alpha value is -0.720. The predicted molar refractivity (Wildman–Crippen MR) is 73.1 cm³/mol. The lowest BCUT2D eigenvalue weighted by molar-refractivity contribution is -0.140. The number of esters is 1. The van der Waals surface area contributed by atoms with Crippen molar-refractivity contribution in [3.05, 3.63) is 19.6 Å². The molecule has 0 aliphatic heterocycles. The van der Waals surface area contributed by atoms with Gasteiger partial charge in [-0.2, -0.15) is 0 Å². The van der Waals surface area contributed by atoms with E-state index in [4.69, 9.17) is 4.74 Å². The van der Waals surface area contributed by atoms with Crippen LogP contribution in [0.2, 0.25) is 0 Å². The molecule has 90 valence electrons. The van der Waals surface area contributed by atoms with Crippen molar-refractivity contribution in [2.24, 2.45) is 0 Å². The molecule has 2 rings (SSSR count). The molecule has 0 spiro atoms. The highest BCUT2D eigenvalue weighted by molar-refractivity contribution is 9.11. The Morgan fingerprint density at radius 2 is 2.29 bits per heavy atom. The van der Waals surface area contributed by atoms with E-state index >= 15 is 0 Å². The summed E-state index contributed by atoms with van der Waals surface area (Å²) in [5.74, 6) is -0.266. The predicted octanol–water partition coefficient (Wildman–Crippen LogP) is 3.64. The molecule has 0 amide bonds. The number of hydrogen-bond donors (Lipinski definition) is 0. The second-order valence-corrected chi connectivity index (χ2v) is 6.91. The van der Waals surface area contributed by atoms with Crippen LogP contribution in [0.3, 0.4) is 0 Å². The molecule has 6 heteroatoms.